The van der Waals surface area contributed by atoms with Crippen LogP contribution in [0, 0.1) is 0 Å². The summed E-state index contributed by atoms with van der Waals surface area (Å²) in [6.45, 7) is 6.58. The van der Waals surface area contributed by atoms with Gasteiger partial charge in [-0.3, -0.25) is 14.4 Å². The number of hydrogen-bond acceptors (Lipinski definition) is 6. The topological polar surface area (TPSA) is 78.9 Å². The Morgan fingerprint density at radius 1 is 0.253 bits per heavy atom. The molecule has 0 aliphatic heterocycles. The minimum absolute atomic E-state index is 0.0713. The first-order chi connectivity index (χ1) is 39.0. The fraction of sp³-hybridized carbons (Fsp3) is 0.822. The molecule has 0 saturated heterocycles. The van der Waals surface area contributed by atoms with Gasteiger partial charge in [0.25, 0.3) is 0 Å². The van der Waals surface area contributed by atoms with Crippen LogP contribution in [0.5, 0.6) is 0 Å². The van der Waals surface area contributed by atoms with Crippen LogP contribution in [0.4, 0.5) is 0 Å². The number of esters is 3. The van der Waals surface area contributed by atoms with Crippen LogP contribution < -0.4 is 0 Å². The number of carbonyl (C=O) groups is 3. The van der Waals surface area contributed by atoms with E-state index < -0.39 is 6.10 Å². The molecule has 1 unspecified atom stereocenters. The smallest absolute Gasteiger partial charge is 0.306 e. The van der Waals surface area contributed by atoms with Crippen LogP contribution in [0.2, 0.25) is 0 Å². The molecule has 0 aliphatic rings. The quantitative estimate of drug-likeness (QED) is 0.0261. The SMILES string of the molecule is CCCCCCC/C=C\C/C=C\C/C=C\CCCCCCCCCCCCCCCCCCCCC(=O)OCC(COC(=O)CCCCCCC)OC(=O)CCCCCCCCCCCCC/C=C\C/C=C\CCCCCCC. The minimum Gasteiger partial charge on any atom is -0.462 e. The highest BCUT2D eigenvalue weighted by Crippen LogP contribution is 2.18. The van der Waals surface area contributed by atoms with Crippen molar-refractivity contribution in [1.29, 1.82) is 0 Å². The Kier molecular flexibility index (Phi) is 65.1. The molecule has 0 aromatic rings. The van der Waals surface area contributed by atoms with Crippen molar-refractivity contribution < 1.29 is 28.6 Å². The summed E-state index contributed by atoms with van der Waals surface area (Å²) < 4.78 is 16.8. The van der Waals surface area contributed by atoms with E-state index in [0.717, 1.165) is 83.5 Å². The molecule has 0 aromatic carbocycles. The first-order valence-electron chi connectivity index (χ1n) is 34.8. The average molecular weight is 1110 g/mol. The van der Waals surface area contributed by atoms with Crippen molar-refractivity contribution in [3.05, 3.63) is 60.8 Å². The van der Waals surface area contributed by atoms with Gasteiger partial charge in [-0.05, 0) is 89.9 Å². The molecule has 6 heteroatoms. The summed E-state index contributed by atoms with van der Waals surface area (Å²) in [7, 11) is 0. The largest absolute Gasteiger partial charge is 0.462 e. The molecule has 0 spiro atoms. The van der Waals surface area contributed by atoms with Gasteiger partial charge in [0.1, 0.15) is 13.2 Å². The van der Waals surface area contributed by atoms with Gasteiger partial charge in [-0.25, -0.2) is 0 Å². The van der Waals surface area contributed by atoms with Crippen LogP contribution in [0.25, 0.3) is 0 Å². The molecule has 460 valence electrons. The van der Waals surface area contributed by atoms with Crippen LogP contribution in [0.1, 0.15) is 367 Å². The first-order valence-corrected chi connectivity index (χ1v) is 34.8. The third kappa shape index (κ3) is 65.8. The van der Waals surface area contributed by atoms with Gasteiger partial charge in [-0.2, -0.15) is 0 Å². The maximum absolute atomic E-state index is 12.8. The van der Waals surface area contributed by atoms with E-state index >= 15 is 0 Å². The van der Waals surface area contributed by atoms with Crippen LogP contribution in [-0.2, 0) is 28.6 Å². The van der Waals surface area contributed by atoms with Gasteiger partial charge >= 0.3 is 17.9 Å². The van der Waals surface area contributed by atoms with Crippen molar-refractivity contribution in [2.24, 2.45) is 0 Å². The number of hydrogen-bond donors (Lipinski definition) is 0. The molecule has 0 aromatic heterocycles. The zero-order valence-corrected chi connectivity index (χ0v) is 52.9. The van der Waals surface area contributed by atoms with Crippen molar-refractivity contribution in [2.45, 2.75) is 374 Å². The summed E-state index contributed by atoms with van der Waals surface area (Å²) in [4.78, 5) is 38.0. The molecule has 0 heterocycles. The van der Waals surface area contributed by atoms with Crippen LogP contribution in [0.15, 0.2) is 60.8 Å². The Hall–Kier alpha value is -2.89. The summed E-state index contributed by atoms with van der Waals surface area (Å²) in [6, 6.07) is 0. The van der Waals surface area contributed by atoms with Gasteiger partial charge in [0.2, 0.25) is 0 Å². The summed E-state index contributed by atoms with van der Waals surface area (Å²) in [6.07, 6.45) is 87.3. The highest BCUT2D eigenvalue weighted by molar-refractivity contribution is 5.71. The lowest BCUT2D eigenvalue weighted by atomic mass is 10.0. The molecule has 6 nitrogen and oxygen atoms in total. The molecule has 0 fully saturated rings. The second-order valence-corrected chi connectivity index (χ2v) is 23.4. The van der Waals surface area contributed by atoms with Crippen LogP contribution in [0.3, 0.4) is 0 Å². The number of carbonyl (C=O) groups excluding carboxylic acids is 3. The van der Waals surface area contributed by atoms with Gasteiger partial charge in [-0.1, -0.05) is 319 Å². The average Bonchev–Trinajstić information content (AvgIpc) is 3.45. The Labute approximate surface area is 491 Å². The first kappa shape index (κ1) is 76.1. The second kappa shape index (κ2) is 67.6. The van der Waals surface area contributed by atoms with E-state index in [4.69, 9.17) is 14.2 Å². The highest BCUT2D eigenvalue weighted by Gasteiger charge is 2.19. The molecule has 0 rings (SSSR count). The Bertz CT molecular complexity index is 1410. The van der Waals surface area contributed by atoms with E-state index in [0.29, 0.717) is 19.3 Å². The van der Waals surface area contributed by atoms with E-state index in [1.54, 1.807) is 0 Å². The van der Waals surface area contributed by atoms with E-state index in [-0.39, 0.29) is 31.1 Å². The van der Waals surface area contributed by atoms with E-state index in [2.05, 4.69) is 81.5 Å². The van der Waals surface area contributed by atoms with E-state index in [1.165, 1.54) is 244 Å². The molecular formula is C73H132O6. The molecule has 0 radical (unpaired) electrons. The fourth-order valence-corrected chi connectivity index (χ4v) is 10.2. The molecule has 0 saturated carbocycles. The van der Waals surface area contributed by atoms with Crippen molar-refractivity contribution in [3.63, 3.8) is 0 Å². The van der Waals surface area contributed by atoms with Crippen molar-refractivity contribution in [3.8, 4) is 0 Å². The van der Waals surface area contributed by atoms with E-state index in [1.807, 2.05) is 0 Å². The summed E-state index contributed by atoms with van der Waals surface area (Å²) in [5, 5.41) is 0. The monoisotopic (exact) mass is 1110 g/mol. The third-order valence-corrected chi connectivity index (χ3v) is 15.5. The van der Waals surface area contributed by atoms with Gasteiger partial charge in [0, 0.05) is 19.3 Å². The second-order valence-electron chi connectivity index (χ2n) is 23.4. The zero-order valence-electron chi connectivity index (χ0n) is 52.9. The Morgan fingerprint density at radius 2 is 0.456 bits per heavy atom. The van der Waals surface area contributed by atoms with E-state index in [9.17, 15) is 14.4 Å². The maximum atomic E-state index is 12.8. The molecule has 1 atom stereocenters. The summed E-state index contributed by atoms with van der Waals surface area (Å²) >= 11 is 0. The Morgan fingerprint density at radius 3 is 0.709 bits per heavy atom. The highest BCUT2D eigenvalue weighted by atomic mass is 16.6. The standard InChI is InChI=1S/C73H132O6/c1-4-7-10-13-15-17-19-21-23-25-27-29-31-32-33-34-35-36-37-38-39-40-42-43-45-47-49-51-53-55-57-60-63-66-72(75)78-69-70(68-77-71(74)65-62-59-12-9-6-3)79-73(76)67-64-61-58-56-54-52-50-48-46-44-41-30-28-26-24-22-20-18-16-14-11-8-5-2/h19-22,25-28,31-32,70H,4-18,23-24,29-30,33-69H2,1-3H3/b21-19-,22-20-,27-25-,28-26-,32-31-. The zero-order chi connectivity index (χ0) is 57.1. The molecular weight excluding hydrogens is 973 g/mol. The third-order valence-electron chi connectivity index (χ3n) is 15.5. The number of ether oxygens (including phenoxy) is 3. The lowest BCUT2D eigenvalue weighted by Crippen LogP contribution is -2.30. The number of unbranched alkanes of at least 4 members (excludes halogenated alkanes) is 43. The fourth-order valence-electron chi connectivity index (χ4n) is 10.2. The van der Waals surface area contributed by atoms with Gasteiger partial charge in [0.05, 0.1) is 0 Å². The minimum atomic E-state index is -0.770. The van der Waals surface area contributed by atoms with Crippen molar-refractivity contribution in [2.75, 3.05) is 13.2 Å². The Balaban J connectivity index is 3.94. The molecule has 79 heavy (non-hydrogen) atoms. The summed E-state index contributed by atoms with van der Waals surface area (Å²) in [5.74, 6) is -0.869. The van der Waals surface area contributed by atoms with Gasteiger partial charge < -0.3 is 14.2 Å². The number of rotatable bonds is 64. The van der Waals surface area contributed by atoms with Crippen molar-refractivity contribution in [1.82, 2.24) is 0 Å². The van der Waals surface area contributed by atoms with Gasteiger partial charge in [0.15, 0.2) is 6.10 Å². The molecule has 0 bridgehead atoms. The van der Waals surface area contributed by atoms with Crippen LogP contribution >= 0.6 is 0 Å². The van der Waals surface area contributed by atoms with Gasteiger partial charge in [-0.15, -0.1) is 0 Å². The predicted molar refractivity (Wildman–Crippen MR) is 344 cm³/mol. The number of allylic oxidation sites excluding steroid dienone is 10. The molecule has 0 amide bonds. The predicted octanol–water partition coefficient (Wildman–Crippen LogP) is 23.9. The lowest BCUT2D eigenvalue weighted by molar-refractivity contribution is -0.167. The van der Waals surface area contributed by atoms with Crippen molar-refractivity contribution >= 4 is 17.9 Å². The van der Waals surface area contributed by atoms with Crippen LogP contribution in [-0.4, -0.2) is 37.2 Å². The normalized spacial score (nSPS) is 12.4. The molecule has 0 aliphatic carbocycles. The molecule has 0 N–H and O–H groups in total. The lowest BCUT2D eigenvalue weighted by Gasteiger charge is -2.18. The summed E-state index contributed by atoms with van der Waals surface area (Å²) in [5.41, 5.74) is 0. The maximum Gasteiger partial charge on any atom is 0.306 e.